The van der Waals surface area contributed by atoms with Crippen LogP contribution in [0.2, 0.25) is 0 Å². The van der Waals surface area contributed by atoms with E-state index in [2.05, 4.69) is 16.9 Å². The van der Waals surface area contributed by atoms with Gasteiger partial charge in [0.05, 0.1) is 16.6 Å². The first-order chi connectivity index (χ1) is 13.4. The van der Waals surface area contributed by atoms with E-state index in [-0.39, 0.29) is 23.3 Å². The Bertz CT molecular complexity index is 1050. The number of aromatic amines is 1. The predicted molar refractivity (Wildman–Crippen MR) is 105 cm³/mol. The van der Waals surface area contributed by atoms with Gasteiger partial charge in [-0.3, -0.25) is 11.1 Å². The summed E-state index contributed by atoms with van der Waals surface area (Å²) in [7, 11) is 0. The maximum absolute atomic E-state index is 14.1. The summed E-state index contributed by atoms with van der Waals surface area (Å²) in [6.45, 7) is 2.18. The fraction of sp³-hybridized carbons (Fsp3) is 0.333. The summed E-state index contributed by atoms with van der Waals surface area (Å²) < 4.78 is 20.2. The molecule has 1 fully saturated rings. The molecule has 6 N–H and O–H groups in total. The molecule has 0 radical (unpaired) electrons. The molecule has 3 aromatic rings. The Balaban J connectivity index is 1.70. The lowest BCUT2D eigenvalue weighted by Crippen LogP contribution is -2.46. The van der Waals surface area contributed by atoms with E-state index in [0.29, 0.717) is 34.1 Å². The fourth-order valence-corrected chi connectivity index (χ4v) is 3.81. The van der Waals surface area contributed by atoms with Gasteiger partial charge in [-0.2, -0.15) is 0 Å². The van der Waals surface area contributed by atoms with Gasteiger partial charge in [0.2, 0.25) is 0 Å². The van der Waals surface area contributed by atoms with Crippen LogP contribution in [0.15, 0.2) is 30.3 Å². The van der Waals surface area contributed by atoms with Crippen LogP contribution < -0.4 is 15.9 Å². The largest absolute Gasteiger partial charge is 0.504 e. The highest BCUT2D eigenvalue weighted by molar-refractivity contribution is 5.96. The molecule has 0 aliphatic heterocycles. The Labute approximate surface area is 162 Å². The van der Waals surface area contributed by atoms with Crippen molar-refractivity contribution in [3.05, 3.63) is 41.7 Å². The minimum atomic E-state index is -0.532. The van der Waals surface area contributed by atoms with Crippen LogP contribution in [0.5, 0.6) is 11.5 Å². The van der Waals surface area contributed by atoms with E-state index in [1.165, 1.54) is 18.6 Å². The summed E-state index contributed by atoms with van der Waals surface area (Å²) in [6, 6.07) is 8.08. The van der Waals surface area contributed by atoms with Gasteiger partial charge in [-0.05, 0) is 43.4 Å². The molecule has 1 heterocycles. The summed E-state index contributed by atoms with van der Waals surface area (Å²) in [6.07, 6.45) is 4.55. The number of H-pyrrole nitrogens is 1. The number of imidazole rings is 1. The molecular formula is C21H24FN4O2+. The number of phenolic OH excluding ortho intramolecular Hbond substituents is 1. The Morgan fingerprint density at radius 2 is 2.11 bits per heavy atom. The van der Waals surface area contributed by atoms with E-state index in [1.807, 2.05) is 6.07 Å². The van der Waals surface area contributed by atoms with Crippen LogP contribution in [0.4, 0.5) is 4.39 Å². The molecule has 1 aromatic heterocycles. The van der Waals surface area contributed by atoms with Crippen LogP contribution in [0.1, 0.15) is 38.2 Å². The number of halogens is 1. The van der Waals surface area contributed by atoms with E-state index < -0.39 is 5.82 Å². The summed E-state index contributed by atoms with van der Waals surface area (Å²) in [4.78, 5) is 7.51. The van der Waals surface area contributed by atoms with E-state index in [9.17, 15) is 9.50 Å². The number of fused-ring (bicyclic) bond motifs is 1. The topological polar surface area (TPSA) is 110 Å². The van der Waals surface area contributed by atoms with Crippen molar-refractivity contribution in [1.82, 2.24) is 9.97 Å². The molecule has 7 heteroatoms. The third-order valence-corrected chi connectivity index (χ3v) is 5.45. The van der Waals surface area contributed by atoms with E-state index >= 15 is 0 Å². The smallest absolute Gasteiger partial charge is 0.273 e. The molecule has 1 aliphatic rings. The molecule has 146 valence electrons. The van der Waals surface area contributed by atoms with Gasteiger partial charge in [0.15, 0.2) is 11.5 Å². The monoisotopic (exact) mass is 383 g/mol. The van der Waals surface area contributed by atoms with Crippen LogP contribution in [-0.2, 0) is 0 Å². The van der Waals surface area contributed by atoms with Crippen molar-refractivity contribution >= 4 is 16.9 Å². The molecule has 2 aromatic carbocycles. The molecule has 1 saturated carbocycles. The number of rotatable bonds is 4. The number of nitrogens with zero attached hydrogens (tertiary/aromatic N) is 1. The molecule has 0 amide bonds. The van der Waals surface area contributed by atoms with Crippen molar-refractivity contribution in [3.63, 3.8) is 0 Å². The average molecular weight is 383 g/mol. The van der Waals surface area contributed by atoms with Gasteiger partial charge in [-0.1, -0.05) is 19.4 Å². The normalized spacial score (nSPS) is 19.6. The van der Waals surface area contributed by atoms with E-state index in [4.69, 9.17) is 15.9 Å². The number of benzene rings is 2. The molecule has 0 spiro atoms. The number of ether oxygens (including phenoxy) is 1. The first-order valence-corrected chi connectivity index (χ1v) is 9.50. The Morgan fingerprint density at radius 1 is 1.32 bits per heavy atom. The lowest BCUT2D eigenvalue weighted by molar-refractivity contribution is -0.114. The molecule has 6 nitrogen and oxygen atoms in total. The van der Waals surface area contributed by atoms with Crippen LogP contribution in [0, 0.1) is 11.7 Å². The molecule has 2 atom stereocenters. The fourth-order valence-electron chi connectivity index (χ4n) is 3.81. The SMILES string of the molecule is C[C@@H]1CCCC[C@@H]1Oc1cccc(-c2nc3cc(C(N)=[NH2+])c(F)cc3[nH]2)c1O. The first kappa shape index (κ1) is 18.3. The van der Waals surface area contributed by atoms with Crippen molar-refractivity contribution in [3.8, 4) is 22.9 Å². The summed E-state index contributed by atoms with van der Waals surface area (Å²) in [5.74, 6) is 0.677. The second-order valence-corrected chi connectivity index (χ2v) is 7.46. The molecule has 28 heavy (non-hydrogen) atoms. The van der Waals surface area contributed by atoms with Crippen molar-refractivity contribution in [2.24, 2.45) is 11.7 Å². The van der Waals surface area contributed by atoms with Crippen LogP contribution in [0.25, 0.3) is 22.4 Å². The number of nitrogens with two attached hydrogens (primary N) is 2. The Morgan fingerprint density at radius 3 is 2.86 bits per heavy atom. The molecule has 4 rings (SSSR count). The van der Waals surface area contributed by atoms with Crippen molar-refractivity contribution in [2.75, 3.05) is 0 Å². The average Bonchev–Trinajstić information content (AvgIpc) is 3.06. The zero-order valence-electron chi connectivity index (χ0n) is 15.7. The highest BCUT2D eigenvalue weighted by atomic mass is 19.1. The van der Waals surface area contributed by atoms with Gasteiger partial charge < -0.3 is 14.8 Å². The minimum Gasteiger partial charge on any atom is -0.504 e. The number of hydrogen-bond acceptors (Lipinski definition) is 3. The Kier molecular flexibility index (Phi) is 4.66. The quantitative estimate of drug-likeness (QED) is 0.410. The zero-order valence-corrected chi connectivity index (χ0v) is 15.7. The van der Waals surface area contributed by atoms with Gasteiger partial charge in [-0.25, -0.2) is 9.37 Å². The number of amidine groups is 1. The second-order valence-electron chi connectivity index (χ2n) is 7.46. The zero-order chi connectivity index (χ0) is 19.8. The molecular weight excluding hydrogens is 359 g/mol. The van der Waals surface area contributed by atoms with Crippen LogP contribution in [0.3, 0.4) is 0 Å². The highest BCUT2D eigenvalue weighted by Gasteiger charge is 2.25. The lowest BCUT2D eigenvalue weighted by Gasteiger charge is -2.29. The van der Waals surface area contributed by atoms with Crippen LogP contribution in [-0.4, -0.2) is 27.0 Å². The molecule has 0 saturated heterocycles. The number of nitrogens with one attached hydrogen (secondary N) is 1. The number of para-hydroxylation sites is 1. The second kappa shape index (κ2) is 7.14. The van der Waals surface area contributed by atoms with Gasteiger partial charge in [0.25, 0.3) is 5.84 Å². The minimum absolute atomic E-state index is 0.0185. The standard InChI is InChI=1S/C21H23FN4O2/c1-11-5-2-3-7-17(11)28-18-8-4-6-12(19(18)27)21-25-15-9-13(20(23)24)14(22)10-16(15)26-21/h4,6,8-11,17,27H,2-3,5,7H2,1H3,(H3,23,24)(H,25,26)/p+1/t11-,17+/m1/s1. The van der Waals surface area contributed by atoms with Crippen LogP contribution >= 0.6 is 0 Å². The third-order valence-electron chi connectivity index (χ3n) is 5.45. The predicted octanol–water partition coefficient (Wildman–Crippen LogP) is 2.50. The molecule has 1 aliphatic carbocycles. The van der Waals surface area contributed by atoms with Crippen molar-refractivity contribution in [2.45, 2.75) is 38.7 Å². The number of hydrogen-bond donors (Lipinski definition) is 4. The van der Waals surface area contributed by atoms with E-state index in [0.717, 1.165) is 19.3 Å². The maximum atomic E-state index is 14.1. The third kappa shape index (κ3) is 3.28. The highest BCUT2D eigenvalue weighted by Crippen LogP contribution is 2.39. The summed E-state index contributed by atoms with van der Waals surface area (Å²) >= 11 is 0. The molecule has 0 bridgehead atoms. The van der Waals surface area contributed by atoms with Crippen molar-refractivity contribution in [1.29, 1.82) is 0 Å². The van der Waals surface area contributed by atoms with Gasteiger partial charge in [-0.15, -0.1) is 0 Å². The lowest BCUT2D eigenvalue weighted by atomic mass is 9.88. The van der Waals surface area contributed by atoms with Gasteiger partial charge in [0, 0.05) is 6.07 Å². The van der Waals surface area contributed by atoms with Gasteiger partial charge >= 0.3 is 0 Å². The number of aromatic nitrogens is 2. The first-order valence-electron chi connectivity index (χ1n) is 9.50. The van der Waals surface area contributed by atoms with Crippen molar-refractivity contribution < 1.29 is 19.6 Å². The Hall–Kier alpha value is -3.09. The van der Waals surface area contributed by atoms with E-state index in [1.54, 1.807) is 12.1 Å². The van der Waals surface area contributed by atoms with Gasteiger partial charge in [0.1, 0.15) is 23.3 Å². The summed E-state index contributed by atoms with van der Waals surface area (Å²) in [5, 5.41) is 16.3. The summed E-state index contributed by atoms with van der Waals surface area (Å²) in [5.41, 5.74) is 7.12. The number of phenols is 1. The maximum Gasteiger partial charge on any atom is 0.273 e. The molecule has 0 unspecified atom stereocenters. The number of aromatic hydroxyl groups is 1.